The number of hydrogen-bond donors (Lipinski definition) is 1. The van der Waals surface area contributed by atoms with E-state index < -0.39 is 0 Å². The molecule has 3 aromatic heterocycles. The van der Waals surface area contributed by atoms with Gasteiger partial charge in [-0.05, 0) is 87.7 Å². The van der Waals surface area contributed by atoms with Gasteiger partial charge < -0.3 is 15.1 Å². The predicted molar refractivity (Wildman–Crippen MR) is 140 cm³/mol. The Balaban J connectivity index is 1.10. The van der Waals surface area contributed by atoms with E-state index in [1.807, 2.05) is 17.1 Å². The average Bonchev–Trinajstić information content (AvgIpc) is 3.84. The highest BCUT2D eigenvalue weighted by molar-refractivity contribution is 5.58. The fraction of sp³-hybridized carbons (Fsp3) is 0.571. The molecule has 5 heterocycles. The van der Waals surface area contributed by atoms with E-state index in [0.717, 1.165) is 49.0 Å². The summed E-state index contributed by atoms with van der Waals surface area (Å²) in [6.07, 6.45) is 15.9. The summed E-state index contributed by atoms with van der Waals surface area (Å²) < 4.78 is 2.03. The second kappa shape index (κ2) is 8.92. The summed E-state index contributed by atoms with van der Waals surface area (Å²) >= 11 is 0. The molecule has 4 aliphatic rings. The Morgan fingerprint density at radius 1 is 1.06 bits per heavy atom. The van der Waals surface area contributed by atoms with Gasteiger partial charge in [-0.3, -0.25) is 9.97 Å². The Kier molecular flexibility index (Phi) is 5.54. The van der Waals surface area contributed by atoms with Crippen molar-refractivity contribution in [2.45, 2.75) is 56.0 Å². The van der Waals surface area contributed by atoms with Crippen LogP contribution in [0.25, 0.3) is 11.3 Å². The van der Waals surface area contributed by atoms with Crippen molar-refractivity contribution < 1.29 is 0 Å². The second-order valence-corrected chi connectivity index (χ2v) is 11.6. The van der Waals surface area contributed by atoms with Gasteiger partial charge in [0.05, 0.1) is 23.8 Å². The van der Waals surface area contributed by atoms with E-state index in [9.17, 15) is 0 Å². The summed E-state index contributed by atoms with van der Waals surface area (Å²) in [6.45, 7) is 5.12. The molecular formula is C28H36N8. The van der Waals surface area contributed by atoms with Crippen molar-refractivity contribution in [3.05, 3.63) is 54.2 Å². The van der Waals surface area contributed by atoms with Gasteiger partial charge in [0.1, 0.15) is 11.2 Å². The van der Waals surface area contributed by atoms with Gasteiger partial charge in [-0.25, -0.2) is 4.68 Å². The van der Waals surface area contributed by atoms with E-state index in [0.29, 0.717) is 12.0 Å². The average molecular weight is 485 g/mol. The molecule has 7 rings (SSSR count). The number of piperidine rings is 1. The lowest BCUT2D eigenvalue weighted by Gasteiger charge is -2.47. The number of likely N-dealkylation sites (N-methyl/N-ethyl adjacent to an activating group) is 1. The Morgan fingerprint density at radius 2 is 1.94 bits per heavy atom. The minimum Gasteiger partial charge on any atom is -0.369 e. The molecule has 2 aliphatic carbocycles. The van der Waals surface area contributed by atoms with Crippen LogP contribution >= 0.6 is 0 Å². The van der Waals surface area contributed by atoms with E-state index in [2.05, 4.69) is 68.1 Å². The zero-order valence-corrected chi connectivity index (χ0v) is 21.2. The van der Waals surface area contributed by atoms with Gasteiger partial charge in [0.2, 0.25) is 0 Å². The maximum absolute atomic E-state index is 5.01. The van der Waals surface area contributed by atoms with Crippen LogP contribution in [-0.4, -0.2) is 75.7 Å². The first kappa shape index (κ1) is 22.4. The standard InChI is InChI=1S/C28H36N8/c1-34-18-28(19-34,36-17-26(32-33-36)23-11-22(13-29-14-23)21-6-7-21)27-9-8-25(15-31-27)35-10-2-3-24(16-35)30-12-20-4-5-20/h8-9,11,13-15,17,20-21,24,30H,2-7,10,12,16,18-19H2,1H3/t24-/m1/s1. The SMILES string of the molecule is CN1CC(c2ccc(N3CCC[C@@H](NCC4CC4)C3)cn2)(n2cc(-c3cncc(C4CC4)c3)nn2)C1. The molecule has 0 bridgehead atoms. The Labute approximate surface area is 213 Å². The molecule has 2 saturated heterocycles. The molecule has 36 heavy (non-hydrogen) atoms. The van der Waals surface area contributed by atoms with Crippen molar-refractivity contribution in [1.82, 2.24) is 35.2 Å². The monoisotopic (exact) mass is 484 g/mol. The third kappa shape index (κ3) is 4.30. The fourth-order valence-corrected chi connectivity index (χ4v) is 6.00. The molecule has 0 radical (unpaired) electrons. The predicted octanol–water partition coefficient (Wildman–Crippen LogP) is 3.27. The van der Waals surface area contributed by atoms with Crippen molar-refractivity contribution >= 4 is 5.69 Å². The first-order valence-corrected chi connectivity index (χ1v) is 13.7. The Hall–Kier alpha value is -2.84. The smallest absolute Gasteiger partial charge is 0.131 e. The molecule has 0 spiro atoms. The van der Waals surface area contributed by atoms with E-state index in [1.165, 1.54) is 56.3 Å². The van der Waals surface area contributed by atoms with Crippen LogP contribution in [0.3, 0.4) is 0 Å². The van der Waals surface area contributed by atoms with Gasteiger partial charge in [-0.15, -0.1) is 5.10 Å². The number of nitrogens with one attached hydrogen (secondary N) is 1. The van der Waals surface area contributed by atoms with E-state index in [1.54, 1.807) is 0 Å². The number of aromatic nitrogens is 5. The normalized spacial score (nSPS) is 24.0. The highest BCUT2D eigenvalue weighted by Gasteiger charge is 2.47. The molecular weight excluding hydrogens is 448 g/mol. The highest BCUT2D eigenvalue weighted by atomic mass is 15.5. The quantitative estimate of drug-likeness (QED) is 0.526. The Bertz CT molecular complexity index is 1210. The molecule has 0 aromatic carbocycles. The van der Waals surface area contributed by atoms with Crippen molar-refractivity contribution in [2.24, 2.45) is 5.92 Å². The zero-order chi connectivity index (χ0) is 24.1. The van der Waals surface area contributed by atoms with Crippen LogP contribution in [0, 0.1) is 5.92 Å². The summed E-state index contributed by atoms with van der Waals surface area (Å²) in [7, 11) is 2.15. The third-order valence-electron chi connectivity index (χ3n) is 8.50. The van der Waals surface area contributed by atoms with Crippen LogP contribution in [-0.2, 0) is 5.54 Å². The summed E-state index contributed by atoms with van der Waals surface area (Å²) in [6, 6.07) is 7.29. The first-order valence-electron chi connectivity index (χ1n) is 13.7. The van der Waals surface area contributed by atoms with Gasteiger partial charge >= 0.3 is 0 Å². The minimum atomic E-state index is -0.281. The van der Waals surface area contributed by atoms with Gasteiger partial charge in [0, 0.05) is 50.2 Å². The lowest BCUT2D eigenvalue weighted by molar-refractivity contribution is 0.0525. The van der Waals surface area contributed by atoms with Crippen molar-refractivity contribution in [2.75, 3.05) is 44.7 Å². The zero-order valence-electron chi connectivity index (χ0n) is 21.2. The molecule has 0 unspecified atom stereocenters. The van der Waals surface area contributed by atoms with Gasteiger partial charge in [-0.1, -0.05) is 5.21 Å². The van der Waals surface area contributed by atoms with E-state index in [-0.39, 0.29) is 5.54 Å². The van der Waals surface area contributed by atoms with Crippen LogP contribution in [0.2, 0.25) is 0 Å². The molecule has 3 aromatic rings. The van der Waals surface area contributed by atoms with E-state index in [4.69, 9.17) is 4.98 Å². The van der Waals surface area contributed by atoms with Gasteiger partial charge in [0.15, 0.2) is 0 Å². The maximum Gasteiger partial charge on any atom is 0.131 e. The fourth-order valence-electron chi connectivity index (χ4n) is 6.00. The van der Waals surface area contributed by atoms with Crippen LogP contribution in [0.5, 0.6) is 0 Å². The van der Waals surface area contributed by atoms with Crippen LogP contribution < -0.4 is 10.2 Å². The maximum atomic E-state index is 5.01. The number of likely N-dealkylation sites (tertiary alicyclic amines) is 1. The molecule has 8 heteroatoms. The molecule has 2 aliphatic heterocycles. The highest BCUT2D eigenvalue weighted by Crippen LogP contribution is 2.41. The van der Waals surface area contributed by atoms with Crippen molar-refractivity contribution in [3.63, 3.8) is 0 Å². The van der Waals surface area contributed by atoms with Crippen LogP contribution in [0.15, 0.2) is 43.0 Å². The van der Waals surface area contributed by atoms with E-state index >= 15 is 0 Å². The minimum absolute atomic E-state index is 0.281. The van der Waals surface area contributed by atoms with Gasteiger partial charge in [0.25, 0.3) is 0 Å². The number of pyridine rings is 2. The summed E-state index contributed by atoms with van der Waals surface area (Å²) in [4.78, 5) is 14.3. The summed E-state index contributed by atoms with van der Waals surface area (Å²) in [5.41, 5.74) is 5.25. The molecule has 0 amide bonds. The second-order valence-electron chi connectivity index (χ2n) is 11.6. The molecule has 4 fully saturated rings. The number of rotatable bonds is 8. The number of anilines is 1. The first-order chi connectivity index (χ1) is 17.7. The van der Waals surface area contributed by atoms with Crippen molar-refractivity contribution in [1.29, 1.82) is 0 Å². The lowest BCUT2D eigenvalue weighted by Crippen LogP contribution is -2.62. The summed E-state index contributed by atoms with van der Waals surface area (Å²) in [5, 5.41) is 13.0. The molecule has 1 atom stereocenters. The lowest BCUT2D eigenvalue weighted by atomic mass is 9.86. The summed E-state index contributed by atoms with van der Waals surface area (Å²) in [5.74, 6) is 1.60. The molecule has 2 saturated carbocycles. The molecule has 1 N–H and O–H groups in total. The van der Waals surface area contributed by atoms with Gasteiger partial charge in [-0.2, -0.15) is 0 Å². The van der Waals surface area contributed by atoms with Crippen molar-refractivity contribution in [3.8, 4) is 11.3 Å². The molecule has 8 nitrogen and oxygen atoms in total. The van der Waals surface area contributed by atoms with Crippen LogP contribution in [0.1, 0.15) is 55.7 Å². The Morgan fingerprint density at radius 3 is 2.69 bits per heavy atom. The largest absolute Gasteiger partial charge is 0.369 e. The number of hydrogen-bond acceptors (Lipinski definition) is 7. The van der Waals surface area contributed by atoms with Crippen LogP contribution in [0.4, 0.5) is 5.69 Å². The topological polar surface area (TPSA) is 75.0 Å². The molecule has 188 valence electrons. The third-order valence-corrected chi connectivity index (χ3v) is 8.50. The number of nitrogens with zero attached hydrogens (tertiary/aromatic N) is 7.